The van der Waals surface area contributed by atoms with Crippen molar-refractivity contribution >= 4 is 46.3 Å². The molecule has 1 aliphatic heterocycles. The van der Waals surface area contributed by atoms with E-state index in [4.69, 9.17) is 12.2 Å². The van der Waals surface area contributed by atoms with Crippen LogP contribution >= 0.6 is 24.0 Å². The predicted octanol–water partition coefficient (Wildman–Crippen LogP) is 3.89. The van der Waals surface area contributed by atoms with Gasteiger partial charge in [-0.15, -0.1) is 0 Å². The minimum absolute atomic E-state index is 0.209. The Kier molecular flexibility index (Phi) is 5.54. The van der Waals surface area contributed by atoms with Crippen LogP contribution in [0, 0.1) is 6.92 Å². The summed E-state index contributed by atoms with van der Waals surface area (Å²) in [4.78, 5) is 26.3. The number of amides is 1. The molecule has 1 saturated heterocycles. The number of carboxylic acid groups (broad SMARTS) is 1. The number of carbonyl (C=O) groups excluding carboxylic acids is 1. The van der Waals surface area contributed by atoms with Gasteiger partial charge in [-0.25, -0.2) is 4.79 Å². The van der Waals surface area contributed by atoms with Crippen molar-refractivity contribution in [3.05, 3.63) is 76.2 Å². The van der Waals surface area contributed by atoms with E-state index in [1.807, 2.05) is 61.5 Å². The number of thioether (sulfide) groups is 1. The van der Waals surface area contributed by atoms with E-state index in [0.717, 1.165) is 28.5 Å². The second kappa shape index (κ2) is 7.85. The predicted molar refractivity (Wildman–Crippen MR) is 108 cm³/mol. The van der Waals surface area contributed by atoms with Crippen LogP contribution in [0.4, 0.5) is 0 Å². The van der Waals surface area contributed by atoms with E-state index in [9.17, 15) is 14.7 Å². The lowest BCUT2D eigenvalue weighted by Crippen LogP contribution is -2.45. The fourth-order valence-electron chi connectivity index (χ4n) is 2.69. The van der Waals surface area contributed by atoms with Crippen LogP contribution in [0.2, 0.25) is 0 Å². The van der Waals surface area contributed by atoms with Crippen molar-refractivity contribution in [3.8, 4) is 0 Å². The van der Waals surface area contributed by atoms with Crippen molar-refractivity contribution in [1.29, 1.82) is 0 Å². The Balaban J connectivity index is 1.86. The number of aryl methyl sites for hydroxylation is 1. The summed E-state index contributed by atoms with van der Waals surface area (Å²) in [5.41, 5.74) is 2.85. The topological polar surface area (TPSA) is 57.6 Å². The van der Waals surface area contributed by atoms with Gasteiger partial charge in [0.25, 0.3) is 5.91 Å². The fourth-order valence-corrected chi connectivity index (χ4v) is 4.05. The minimum atomic E-state index is -1.07. The van der Waals surface area contributed by atoms with Gasteiger partial charge < -0.3 is 5.11 Å². The van der Waals surface area contributed by atoms with E-state index in [0.29, 0.717) is 4.91 Å². The number of carboxylic acids is 1. The summed E-state index contributed by atoms with van der Waals surface area (Å²) in [5.74, 6) is -1.43. The van der Waals surface area contributed by atoms with Crippen molar-refractivity contribution in [2.45, 2.75) is 19.4 Å². The molecule has 2 aromatic rings. The molecular formula is C20H17NO3S2. The van der Waals surface area contributed by atoms with E-state index in [1.165, 1.54) is 4.90 Å². The number of hydrogen-bond acceptors (Lipinski definition) is 4. The standard InChI is InChI=1S/C20H17NO3S2/c1-13-7-9-15(10-8-13)12-17-18(22)21(20(25)26-17)16(19(23)24)11-14-5-3-2-4-6-14/h2-10,12,16H,11H2,1H3,(H,23,24)/b17-12-/t16-/m0/s1. The zero-order valence-corrected chi connectivity index (χ0v) is 15.7. The highest BCUT2D eigenvalue weighted by molar-refractivity contribution is 8.26. The molecule has 0 spiro atoms. The van der Waals surface area contributed by atoms with Gasteiger partial charge in [0.15, 0.2) is 0 Å². The third-order valence-electron chi connectivity index (χ3n) is 4.07. The van der Waals surface area contributed by atoms with Crippen LogP contribution in [0.5, 0.6) is 0 Å². The molecule has 1 amide bonds. The number of thiocarbonyl (C=S) groups is 1. The number of nitrogens with zero attached hydrogens (tertiary/aromatic N) is 1. The quantitative estimate of drug-likeness (QED) is 0.627. The first kappa shape index (κ1) is 18.4. The summed E-state index contributed by atoms with van der Waals surface area (Å²) >= 11 is 6.45. The molecule has 4 nitrogen and oxygen atoms in total. The Bertz CT molecular complexity index is 876. The Hall–Kier alpha value is -2.44. The smallest absolute Gasteiger partial charge is 0.327 e. The van der Waals surface area contributed by atoms with Crippen LogP contribution in [-0.2, 0) is 16.0 Å². The van der Waals surface area contributed by atoms with Gasteiger partial charge in [-0.1, -0.05) is 84.1 Å². The zero-order chi connectivity index (χ0) is 18.7. The Labute approximate surface area is 161 Å². The Morgan fingerprint density at radius 1 is 1.19 bits per heavy atom. The summed E-state index contributed by atoms with van der Waals surface area (Å²) in [6, 6.07) is 16.0. The summed E-state index contributed by atoms with van der Waals surface area (Å²) in [6.45, 7) is 1.99. The maximum absolute atomic E-state index is 12.8. The van der Waals surface area contributed by atoms with Gasteiger partial charge >= 0.3 is 5.97 Å². The molecule has 0 radical (unpaired) electrons. The highest BCUT2D eigenvalue weighted by Crippen LogP contribution is 2.34. The fraction of sp³-hybridized carbons (Fsp3) is 0.150. The number of benzene rings is 2. The van der Waals surface area contributed by atoms with Gasteiger partial charge in [0, 0.05) is 6.42 Å². The van der Waals surface area contributed by atoms with Crippen molar-refractivity contribution < 1.29 is 14.7 Å². The molecule has 1 aliphatic rings. The number of aliphatic carboxylic acids is 1. The van der Waals surface area contributed by atoms with Crippen molar-refractivity contribution in [1.82, 2.24) is 4.90 Å². The van der Waals surface area contributed by atoms with Crippen LogP contribution in [0.3, 0.4) is 0 Å². The Morgan fingerprint density at radius 3 is 2.46 bits per heavy atom. The second-order valence-corrected chi connectivity index (χ2v) is 7.68. The average Bonchev–Trinajstić information content (AvgIpc) is 2.89. The summed E-state index contributed by atoms with van der Waals surface area (Å²) in [5, 5.41) is 9.65. The SMILES string of the molecule is Cc1ccc(/C=C2\SC(=S)N([C@@H](Cc3ccccc3)C(=O)O)C2=O)cc1. The third kappa shape index (κ3) is 4.03. The molecule has 1 fully saturated rings. The molecule has 0 aliphatic carbocycles. The number of hydrogen-bond donors (Lipinski definition) is 1. The van der Waals surface area contributed by atoms with E-state index in [2.05, 4.69) is 0 Å². The van der Waals surface area contributed by atoms with Crippen LogP contribution < -0.4 is 0 Å². The maximum Gasteiger partial charge on any atom is 0.327 e. The van der Waals surface area contributed by atoms with Gasteiger partial charge in [0.2, 0.25) is 0 Å². The summed E-state index contributed by atoms with van der Waals surface area (Å²) < 4.78 is 0.275. The molecule has 1 heterocycles. The Morgan fingerprint density at radius 2 is 1.85 bits per heavy atom. The number of rotatable bonds is 5. The first-order valence-corrected chi connectivity index (χ1v) is 9.28. The van der Waals surface area contributed by atoms with Gasteiger partial charge in [0.05, 0.1) is 4.91 Å². The molecule has 0 unspecified atom stereocenters. The minimum Gasteiger partial charge on any atom is -0.480 e. The van der Waals surface area contributed by atoms with Crippen LogP contribution in [0.15, 0.2) is 59.5 Å². The van der Waals surface area contributed by atoms with Gasteiger partial charge in [-0.2, -0.15) is 0 Å². The molecule has 2 aromatic carbocycles. The molecule has 0 bridgehead atoms. The molecule has 1 N–H and O–H groups in total. The highest BCUT2D eigenvalue weighted by Gasteiger charge is 2.40. The van der Waals surface area contributed by atoms with Gasteiger partial charge in [0.1, 0.15) is 10.4 Å². The third-order valence-corrected chi connectivity index (χ3v) is 5.40. The van der Waals surface area contributed by atoms with Crippen molar-refractivity contribution in [3.63, 3.8) is 0 Å². The van der Waals surface area contributed by atoms with E-state index >= 15 is 0 Å². The molecule has 6 heteroatoms. The van der Waals surface area contributed by atoms with E-state index in [1.54, 1.807) is 6.08 Å². The van der Waals surface area contributed by atoms with Crippen molar-refractivity contribution in [2.75, 3.05) is 0 Å². The lowest BCUT2D eigenvalue weighted by Gasteiger charge is -2.23. The van der Waals surface area contributed by atoms with Crippen LogP contribution in [0.25, 0.3) is 6.08 Å². The van der Waals surface area contributed by atoms with Gasteiger partial charge in [-0.3, -0.25) is 9.69 Å². The maximum atomic E-state index is 12.8. The second-order valence-electron chi connectivity index (χ2n) is 6.01. The van der Waals surface area contributed by atoms with E-state index in [-0.39, 0.29) is 16.6 Å². The molecule has 132 valence electrons. The highest BCUT2D eigenvalue weighted by atomic mass is 32.2. The van der Waals surface area contributed by atoms with Crippen molar-refractivity contribution in [2.24, 2.45) is 0 Å². The molecule has 1 atom stereocenters. The lowest BCUT2D eigenvalue weighted by molar-refractivity contribution is -0.145. The van der Waals surface area contributed by atoms with Crippen LogP contribution in [-0.4, -0.2) is 32.2 Å². The first-order valence-electron chi connectivity index (χ1n) is 8.06. The molecular weight excluding hydrogens is 366 g/mol. The molecule has 0 saturated carbocycles. The summed E-state index contributed by atoms with van der Waals surface area (Å²) in [7, 11) is 0. The largest absolute Gasteiger partial charge is 0.480 e. The average molecular weight is 383 g/mol. The molecule has 3 rings (SSSR count). The molecule has 0 aromatic heterocycles. The van der Waals surface area contributed by atoms with Crippen LogP contribution in [0.1, 0.15) is 16.7 Å². The summed E-state index contributed by atoms with van der Waals surface area (Å²) in [6.07, 6.45) is 1.96. The zero-order valence-electron chi connectivity index (χ0n) is 14.1. The number of carbonyl (C=O) groups is 2. The lowest BCUT2D eigenvalue weighted by atomic mass is 10.0. The normalized spacial score (nSPS) is 17.0. The first-order chi connectivity index (χ1) is 12.5. The van der Waals surface area contributed by atoms with Gasteiger partial charge in [-0.05, 0) is 24.1 Å². The van der Waals surface area contributed by atoms with E-state index < -0.39 is 12.0 Å². The monoisotopic (exact) mass is 383 g/mol. The molecule has 26 heavy (non-hydrogen) atoms.